The fourth-order valence-corrected chi connectivity index (χ4v) is 3.91. The molecule has 0 radical (unpaired) electrons. The molecule has 0 saturated heterocycles. The van der Waals surface area contributed by atoms with Crippen molar-refractivity contribution in [2.24, 2.45) is 0 Å². The molecule has 0 bridgehead atoms. The number of hydrogen-bond donors (Lipinski definition) is 2. The zero-order valence-corrected chi connectivity index (χ0v) is 19.6. The predicted molar refractivity (Wildman–Crippen MR) is 126 cm³/mol. The molecular formula is C22H49ClN2S. The van der Waals surface area contributed by atoms with E-state index < -0.39 is 0 Å². The summed E-state index contributed by atoms with van der Waals surface area (Å²) in [6, 6.07) is 0. The van der Waals surface area contributed by atoms with Gasteiger partial charge in [0.2, 0.25) is 0 Å². The molecular weight excluding hydrogens is 360 g/mol. The lowest BCUT2D eigenvalue weighted by atomic mass is 10.1. The van der Waals surface area contributed by atoms with Crippen molar-refractivity contribution in [2.45, 2.75) is 104 Å². The second kappa shape index (κ2) is 27.8. The number of nitrogens with one attached hydrogen (secondary N) is 2. The van der Waals surface area contributed by atoms with Crippen molar-refractivity contribution in [1.82, 2.24) is 10.6 Å². The van der Waals surface area contributed by atoms with Crippen LogP contribution in [0.2, 0.25) is 0 Å². The Hall–Kier alpha value is 0.560. The van der Waals surface area contributed by atoms with Crippen molar-refractivity contribution >= 4 is 24.2 Å². The molecule has 4 heteroatoms. The average molecular weight is 409 g/mol. The highest BCUT2D eigenvalue weighted by atomic mass is 35.5. The summed E-state index contributed by atoms with van der Waals surface area (Å²) in [4.78, 5) is 0. The third-order valence-electron chi connectivity index (χ3n) is 4.70. The van der Waals surface area contributed by atoms with Crippen LogP contribution in [-0.4, -0.2) is 37.7 Å². The minimum absolute atomic E-state index is 0. The van der Waals surface area contributed by atoms with Crippen molar-refractivity contribution in [3.8, 4) is 0 Å². The van der Waals surface area contributed by atoms with Crippen LogP contribution in [0.25, 0.3) is 0 Å². The van der Waals surface area contributed by atoms with Crippen molar-refractivity contribution in [3.63, 3.8) is 0 Å². The number of unbranched alkanes of at least 4 members (excludes halogenated alkanes) is 10. The molecule has 0 saturated carbocycles. The number of rotatable bonds is 22. The molecule has 0 aromatic carbocycles. The molecule has 0 atom stereocenters. The van der Waals surface area contributed by atoms with Gasteiger partial charge in [0.15, 0.2) is 0 Å². The van der Waals surface area contributed by atoms with E-state index in [4.69, 9.17) is 0 Å². The maximum atomic E-state index is 3.59. The van der Waals surface area contributed by atoms with Gasteiger partial charge in [-0.1, -0.05) is 78.1 Å². The average Bonchev–Trinajstić information content (AvgIpc) is 2.63. The van der Waals surface area contributed by atoms with E-state index in [0.29, 0.717) is 0 Å². The Morgan fingerprint density at radius 3 is 1.23 bits per heavy atom. The third kappa shape index (κ3) is 26.8. The Bertz CT molecular complexity index is 208. The first kappa shape index (κ1) is 28.8. The molecule has 0 aliphatic rings. The van der Waals surface area contributed by atoms with E-state index in [1.165, 1.54) is 128 Å². The maximum Gasteiger partial charge on any atom is -0.00411 e. The Morgan fingerprint density at radius 1 is 0.462 bits per heavy atom. The van der Waals surface area contributed by atoms with Gasteiger partial charge in [-0.05, 0) is 63.4 Å². The number of thioether (sulfide) groups is 1. The van der Waals surface area contributed by atoms with Gasteiger partial charge in [0, 0.05) is 0 Å². The van der Waals surface area contributed by atoms with E-state index in [2.05, 4.69) is 36.2 Å². The van der Waals surface area contributed by atoms with E-state index in [1.54, 1.807) is 0 Å². The third-order valence-corrected chi connectivity index (χ3v) is 5.85. The zero-order chi connectivity index (χ0) is 18.3. The Balaban J connectivity index is 0. The number of hydrogen-bond acceptors (Lipinski definition) is 3. The molecule has 0 spiro atoms. The van der Waals surface area contributed by atoms with E-state index >= 15 is 0 Å². The van der Waals surface area contributed by atoms with Crippen LogP contribution in [0.1, 0.15) is 104 Å². The van der Waals surface area contributed by atoms with Crippen molar-refractivity contribution in [3.05, 3.63) is 0 Å². The summed E-state index contributed by atoms with van der Waals surface area (Å²) in [6.07, 6.45) is 19.5. The monoisotopic (exact) mass is 408 g/mol. The molecule has 0 heterocycles. The molecule has 2 N–H and O–H groups in total. The Morgan fingerprint density at radius 2 is 0.808 bits per heavy atom. The van der Waals surface area contributed by atoms with E-state index in [-0.39, 0.29) is 12.4 Å². The van der Waals surface area contributed by atoms with Gasteiger partial charge in [0.1, 0.15) is 0 Å². The van der Waals surface area contributed by atoms with E-state index in [0.717, 1.165) is 0 Å². The zero-order valence-electron chi connectivity index (χ0n) is 18.0. The molecule has 0 aromatic heterocycles. The first-order valence-electron chi connectivity index (χ1n) is 11.4. The number of halogens is 1. The molecule has 2 nitrogen and oxygen atoms in total. The summed E-state index contributed by atoms with van der Waals surface area (Å²) in [5, 5.41) is 7.19. The van der Waals surface area contributed by atoms with E-state index in [9.17, 15) is 0 Å². The van der Waals surface area contributed by atoms with Gasteiger partial charge in [-0.2, -0.15) is 11.8 Å². The van der Waals surface area contributed by atoms with Crippen LogP contribution < -0.4 is 10.6 Å². The molecule has 26 heavy (non-hydrogen) atoms. The molecule has 0 amide bonds. The quantitative estimate of drug-likeness (QED) is 0.192. The van der Waals surface area contributed by atoms with Gasteiger partial charge in [0.05, 0.1) is 0 Å². The molecule has 0 aliphatic carbocycles. The lowest BCUT2D eigenvalue weighted by molar-refractivity contribution is 0.570. The predicted octanol–water partition coefficient (Wildman–Crippen LogP) is 6.82. The van der Waals surface area contributed by atoms with Crippen molar-refractivity contribution < 1.29 is 0 Å². The maximum absolute atomic E-state index is 3.59. The standard InChI is InChI=1S/C22H48N2S.ClH/c1-3-5-7-9-11-13-17-23-19-15-21-25-22-16-20-24-18-14-12-10-8-6-4-2;/h23-24H,3-22H2,1-2H3;1H. The minimum Gasteiger partial charge on any atom is -0.317 e. The molecule has 0 aliphatic heterocycles. The fraction of sp³-hybridized carbons (Fsp3) is 1.00. The molecule has 0 unspecified atom stereocenters. The first-order valence-corrected chi connectivity index (χ1v) is 12.6. The van der Waals surface area contributed by atoms with Gasteiger partial charge >= 0.3 is 0 Å². The molecule has 160 valence electrons. The second-order valence-corrected chi connectivity index (χ2v) is 8.58. The summed E-state index contributed by atoms with van der Waals surface area (Å²) in [5.41, 5.74) is 0. The van der Waals surface area contributed by atoms with Crippen LogP contribution in [0.3, 0.4) is 0 Å². The van der Waals surface area contributed by atoms with Crippen molar-refractivity contribution in [1.29, 1.82) is 0 Å². The molecule has 0 aromatic rings. The lowest BCUT2D eigenvalue weighted by Crippen LogP contribution is -2.18. The first-order chi connectivity index (χ1) is 12.4. The molecule has 0 rings (SSSR count). The van der Waals surface area contributed by atoms with Crippen LogP contribution in [0.4, 0.5) is 0 Å². The fourth-order valence-electron chi connectivity index (χ4n) is 3.01. The smallest absolute Gasteiger partial charge is 0.00411 e. The van der Waals surface area contributed by atoms with Crippen LogP contribution >= 0.6 is 24.2 Å². The highest BCUT2D eigenvalue weighted by Crippen LogP contribution is 2.06. The normalized spacial score (nSPS) is 10.8. The van der Waals surface area contributed by atoms with Crippen LogP contribution in [0.5, 0.6) is 0 Å². The van der Waals surface area contributed by atoms with Gasteiger partial charge in [-0.15, -0.1) is 12.4 Å². The summed E-state index contributed by atoms with van der Waals surface area (Å²) in [6.45, 7) is 9.42. The Kier molecular flexibility index (Phi) is 30.7. The van der Waals surface area contributed by atoms with E-state index in [1.807, 2.05) is 0 Å². The Labute approximate surface area is 176 Å². The summed E-state index contributed by atoms with van der Waals surface area (Å²) in [7, 11) is 0. The van der Waals surface area contributed by atoms with Crippen LogP contribution in [0.15, 0.2) is 0 Å². The summed E-state index contributed by atoms with van der Waals surface area (Å²) in [5.74, 6) is 2.64. The van der Waals surface area contributed by atoms with Crippen molar-refractivity contribution in [2.75, 3.05) is 37.7 Å². The van der Waals surface area contributed by atoms with Crippen LogP contribution in [-0.2, 0) is 0 Å². The van der Waals surface area contributed by atoms with Gasteiger partial charge in [0.25, 0.3) is 0 Å². The molecule has 0 fully saturated rings. The minimum atomic E-state index is 0. The topological polar surface area (TPSA) is 24.1 Å². The second-order valence-electron chi connectivity index (χ2n) is 7.36. The highest BCUT2D eigenvalue weighted by molar-refractivity contribution is 7.99. The lowest BCUT2D eigenvalue weighted by Gasteiger charge is -2.06. The SMILES string of the molecule is CCCCCCCCNCCCSCCCNCCCCCCCC.Cl. The largest absolute Gasteiger partial charge is 0.317 e. The van der Waals surface area contributed by atoms with Gasteiger partial charge in [-0.25, -0.2) is 0 Å². The summed E-state index contributed by atoms with van der Waals surface area (Å²) >= 11 is 2.13. The summed E-state index contributed by atoms with van der Waals surface area (Å²) < 4.78 is 0. The van der Waals surface area contributed by atoms with Gasteiger partial charge in [-0.3, -0.25) is 0 Å². The van der Waals surface area contributed by atoms with Crippen LogP contribution in [0, 0.1) is 0 Å². The van der Waals surface area contributed by atoms with Gasteiger partial charge < -0.3 is 10.6 Å². The highest BCUT2D eigenvalue weighted by Gasteiger charge is 1.94.